The highest BCUT2D eigenvalue weighted by molar-refractivity contribution is 8.16. The molecule has 0 atom stereocenters. The molecule has 0 heterocycles. The van der Waals surface area contributed by atoms with Gasteiger partial charge < -0.3 is 0 Å². The molecule has 0 amide bonds. The van der Waals surface area contributed by atoms with Gasteiger partial charge in [-0.25, -0.2) is 0 Å². The Morgan fingerprint density at radius 2 is 1.00 bits per heavy atom. The predicted molar refractivity (Wildman–Crippen MR) is 32.2 cm³/mol. The summed E-state index contributed by atoms with van der Waals surface area (Å²) in [6.45, 7) is 0. The fourth-order valence-electron chi connectivity index (χ4n) is 0.163. The van der Waals surface area contributed by atoms with Gasteiger partial charge in [-0.2, -0.15) is 26.3 Å². The zero-order chi connectivity index (χ0) is 9.12. The first-order chi connectivity index (χ1) is 4.71. The Hall–Kier alpha value is 0.280. The standard InChI is InChI=1S/C3H2F6S2/c4-2(5,6)10-1-11-3(7,8)9/h1H2. The smallest absolute Gasteiger partial charge is 0.160 e. The van der Waals surface area contributed by atoms with Crippen LogP contribution in [0.15, 0.2) is 0 Å². The van der Waals surface area contributed by atoms with Crippen molar-refractivity contribution in [1.82, 2.24) is 0 Å². The van der Waals surface area contributed by atoms with E-state index in [2.05, 4.69) is 0 Å². The summed E-state index contributed by atoms with van der Waals surface area (Å²) >= 11 is -1.39. The van der Waals surface area contributed by atoms with Crippen LogP contribution in [0.3, 0.4) is 0 Å². The van der Waals surface area contributed by atoms with Crippen molar-refractivity contribution in [3.05, 3.63) is 0 Å². The Labute approximate surface area is 66.7 Å². The van der Waals surface area contributed by atoms with Crippen molar-refractivity contribution in [2.24, 2.45) is 0 Å². The van der Waals surface area contributed by atoms with Crippen LogP contribution < -0.4 is 0 Å². The third kappa shape index (κ3) is 10.3. The molecule has 0 aliphatic rings. The number of thioether (sulfide) groups is 2. The monoisotopic (exact) mass is 216 g/mol. The molecule has 0 saturated carbocycles. The van der Waals surface area contributed by atoms with Gasteiger partial charge in [0.15, 0.2) is 0 Å². The average Bonchev–Trinajstić information content (AvgIpc) is 1.55. The highest BCUT2D eigenvalue weighted by Gasteiger charge is 2.33. The number of hydrogen-bond acceptors (Lipinski definition) is 2. The molecule has 11 heavy (non-hydrogen) atoms. The van der Waals surface area contributed by atoms with E-state index in [1.54, 1.807) is 0 Å². The third-order valence-corrected chi connectivity index (χ3v) is 2.04. The molecule has 0 radical (unpaired) electrons. The van der Waals surface area contributed by atoms with Gasteiger partial charge in [0.2, 0.25) is 0 Å². The van der Waals surface area contributed by atoms with E-state index < -0.39 is 39.6 Å². The molecule has 0 rings (SSSR count). The summed E-state index contributed by atoms with van der Waals surface area (Å²) in [5, 5.41) is -1.05. The second-order valence-corrected chi connectivity index (χ2v) is 3.74. The summed E-state index contributed by atoms with van der Waals surface area (Å²) < 4.78 is 67.3. The normalized spacial score (nSPS) is 13.6. The quantitative estimate of drug-likeness (QED) is 0.512. The molecule has 0 unspecified atom stereocenters. The van der Waals surface area contributed by atoms with Crippen LogP contribution in [-0.2, 0) is 0 Å². The molecule has 0 bridgehead atoms. The highest BCUT2D eigenvalue weighted by Crippen LogP contribution is 2.38. The van der Waals surface area contributed by atoms with Crippen LogP contribution in [0.1, 0.15) is 0 Å². The van der Waals surface area contributed by atoms with Gasteiger partial charge in [0.05, 0.1) is 5.08 Å². The number of hydrogen-bond donors (Lipinski definition) is 0. The zero-order valence-corrected chi connectivity index (χ0v) is 6.42. The van der Waals surface area contributed by atoms with Crippen molar-refractivity contribution in [3.63, 3.8) is 0 Å². The van der Waals surface area contributed by atoms with Crippen molar-refractivity contribution in [2.75, 3.05) is 5.08 Å². The lowest BCUT2D eigenvalue weighted by atomic mass is 11.5. The van der Waals surface area contributed by atoms with Crippen LogP contribution in [0.5, 0.6) is 0 Å². The lowest BCUT2D eigenvalue weighted by molar-refractivity contribution is -0.0336. The first-order valence-electron chi connectivity index (χ1n) is 2.12. The molecular formula is C3H2F6S2. The average molecular weight is 216 g/mol. The molecule has 0 spiro atoms. The van der Waals surface area contributed by atoms with E-state index in [4.69, 9.17) is 0 Å². The van der Waals surface area contributed by atoms with Crippen molar-refractivity contribution >= 4 is 23.5 Å². The molecule has 0 nitrogen and oxygen atoms in total. The summed E-state index contributed by atoms with van der Waals surface area (Å²) in [6, 6.07) is 0. The van der Waals surface area contributed by atoms with E-state index in [1.807, 2.05) is 0 Å². The van der Waals surface area contributed by atoms with Gasteiger partial charge >= 0.3 is 11.0 Å². The largest absolute Gasteiger partial charge is 0.442 e. The van der Waals surface area contributed by atoms with Gasteiger partial charge in [-0.05, 0) is 23.5 Å². The maximum absolute atomic E-state index is 11.2. The van der Waals surface area contributed by atoms with E-state index >= 15 is 0 Å². The van der Waals surface area contributed by atoms with E-state index in [9.17, 15) is 26.3 Å². The third-order valence-electron chi connectivity index (χ3n) is 0.445. The van der Waals surface area contributed by atoms with Crippen molar-refractivity contribution in [1.29, 1.82) is 0 Å². The lowest BCUT2D eigenvalue weighted by Gasteiger charge is -2.06. The molecule has 68 valence electrons. The maximum atomic E-state index is 11.2. The first-order valence-corrected chi connectivity index (χ1v) is 4.09. The van der Waals surface area contributed by atoms with E-state index in [1.165, 1.54) is 0 Å². The highest BCUT2D eigenvalue weighted by atomic mass is 32.2. The summed E-state index contributed by atoms with van der Waals surface area (Å²) in [5.74, 6) is 0. The van der Waals surface area contributed by atoms with Gasteiger partial charge in [-0.3, -0.25) is 0 Å². The Bertz CT molecular complexity index is 100.0. The predicted octanol–water partition coefficient (Wildman–Crippen LogP) is 3.45. The fraction of sp³-hybridized carbons (Fsp3) is 1.00. The SMILES string of the molecule is FC(F)(F)SCSC(F)(F)F. The summed E-state index contributed by atoms with van der Waals surface area (Å²) in [7, 11) is 0. The summed E-state index contributed by atoms with van der Waals surface area (Å²) in [6.07, 6.45) is 0. The summed E-state index contributed by atoms with van der Waals surface area (Å²) in [5.41, 5.74) is -9.17. The first kappa shape index (κ1) is 11.3. The van der Waals surface area contributed by atoms with Crippen LogP contribution in [0.2, 0.25) is 0 Å². The molecule has 0 aromatic carbocycles. The zero-order valence-electron chi connectivity index (χ0n) is 4.79. The van der Waals surface area contributed by atoms with Gasteiger partial charge in [0.1, 0.15) is 0 Å². The number of alkyl halides is 6. The Balaban J connectivity index is 3.44. The van der Waals surface area contributed by atoms with Crippen LogP contribution in [0, 0.1) is 0 Å². The van der Waals surface area contributed by atoms with E-state index in [0.717, 1.165) is 0 Å². The fourth-order valence-corrected chi connectivity index (χ4v) is 1.47. The van der Waals surface area contributed by atoms with Gasteiger partial charge in [-0.15, -0.1) is 0 Å². The van der Waals surface area contributed by atoms with Gasteiger partial charge in [0.25, 0.3) is 0 Å². The number of rotatable bonds is 2. The van der Waals surface area contributed by atoms with Crippen LogP contribution >= 0.6 is 23.5 Å². The number of halogens is 6. The lowest BCUT2D eigenvalue weighted by Crippen LogP contribution is -2.04. The van der Waals surface area contributed by atoms with Crippen LogP contribution in [0.25, 0.3) is 0 Å². The Morgan fingerprint density at radius 1 is 0.727 bits per heavy atom. The van der Waals surface area contributed by atoms with Crippen LogP contribution in [-0.4, -0.2) is 16.1 Å². The summed E-state index contributed by atoms with van der Waals surface area (Å²) in [4.78, 5) is 0. The molecule has 8 heteroatoms. The van der Waals surface area contributed by atoms with Crippen LogP contribution in [0.4, 0.5) is 26.3 Å². The molecule has 0 aliphatic heterocycles. The minimum Gasteiger partial charge on any atom is -0.160 e. The minimum absolute atomic E-state index is 0.697. The molecule has 0 aromatic heterocycles. The molecule has 0 aliphatic carbocycles. The van der Waals surface area contributed by atoms with E-state index in [-0.39, 0.29) is 0 Å². The molecule has 0 fully saturated rings. The minimum atomic E-state index is -4.59. The second-order valence-electron chi connectivity index (χ2n) is 1.30. The molecular weight excluding hydrogens is 214 g/mol. The van der Waals surface area contributed by atoms with Gasteiger partial charge in [0, 0.05) is 0 Å². The van der Waals surface area contributed by atoms with Crippen molar-refractivity contribution in [2.45, 2.75) is 11.0 Å². The Morgan fingerprint density at radius 3 is 1.18 bits per heavy atom. The Kier molecular flexibility index (Phi) is 3.89. The maximum Gasteiger partial charge on any atom is 0.442 e. The molecule has 0 saturated heterocycles. The molecule has 0 N–H and O–H groups in total. The second kappa shape index (κ2) is 3.79. The van der Waals surface area contributed by atoms with Crippen molar-refractivity contribution < 1.29 is 26.3 Å². The van der Waals surface area contributed by atoms with Crippen molar-refractivity contribution in [3.8, 4) is 0 Å². The topological polar surface area (TPSA) is 0 Å². The molecule has 0 aromatic rings. The van der Waals surface area contributed by atoms with Gasteiger partial charge in [-0.1, -0.05) is 0 Å². The van der Waals surface area contributed by atoms with E-state index in [0.29, 0.717) is 0 Å².